The molecule has 2 aliphatic rings. The molecular formula is C15H21N3O2. The van der Waals surface area contributed by atoms with Crippen LogP contribution in [0.15, 0.2) is 24.5 Å². The first kappa shape index (κ1) is 13.5. The van der Waals surface area contributed by atoms with Gasteiger partial charge in [0.25, 0.3) is 5.91 Å². The van der Waals surface area contributed by atoms with Gasteiger partial charge in [0.2, 0.25) is 0 Å². The molecule has 3 heterocycles. The zero-order chi connectivity index (χ0) is 14.0. The summed E-state index contributed by atoms with van der Waals surface area (Å²) in [7, 11) is 2.13. The summed E-state index contributed by atoms with van der Waals surface area (Å²) >= 11 is 0. The maximum Gasteiger partial charge on any atom is 0.255 e. The molecule has 0 radical (unpaired) electrons. The molecule has 2 saturated heterocycles. The topological polar surface area (TPSA) is 45.7 Å². The first-order valence-electron chi connectivity index (χ1n) is 7.20. The van der Waals surface area contributed by atoms with Crippen LogP contribution in [0.2, 0.25) is 0 Å². The average molecular weight is 275 g/mol. The molecule has 5 heteroatoms. The van der Waals surface area contributed by atoms with Gasteiger partial charge in [-0.25, -0.2) is 0 Å². The molecule has 0 N–H and O–H groups in total. The van der Waals surface area contributed by atoms with Gasteiger partial charge in [0.05, 0.1) is 24.3 Å². The summed E-state index contributed by atoms with van der Waals surface area (Å²) in [6.45, 7) is 4.08. The summed E-state index contributed by atoms with van der Waals surface area (Å²) in [5, 5.41) is 0. The fraction of sp³-hybridized carbons (Fsp3) is 0.600. The van der Waals surface area contributed by atoms with Crippen LogP contribution < -0.4 is 0 Å². The Hall–Kier alpha value is -1.46. The lowest BCUT2D eigenvalue weighted by molar-refractivity contribution is -0.125. The van der Waals surface area contributed by atoms with Crippen LogP contribution in [0.4, 0.5) is 0 Å². The van der Waals surface area contributed by atoms with Crippen molar-refractivity contribution in [2.45, 2.75) is 18.4 Å². The Bertz CT molecular complexity index is 469. The van der Waals surface area contributed by atoms with E-state index in [-0.39, 0.29) is 11.5 Å². The number of nitrogens with zero attached hydrogens (tertiary/aromatic N) is 3. The highest BCUT2D eigenvalue weighted by atomic mass is 16.5. The fourth-order valence-electron chi connectivity index (χ4n) is 3.02. The van der Waals surface area contributed by atoms with Crippen LogP contribution in [0.3, 0.4) is 0 Å². The van der Waals surface area contributed by atoms with E-state index in [0.29, 0.717) is 25.3 Å². The van der Waals surface area contributed by atoms with E-state index in [2.05, 4.69) is 16.9 Å². The lowest BCUT2D eigenvalue weighted by atomic mass is 9.89. The SMILES string of the molecule is CN1CCC2(CC1)CN(C(=O)c1cccnc1)CCO2. The summed E-state index contributed by atoms with van der Waals surface area (Å²) in [5.74, 6) is 0.0692. The second-order valence-electron chi connectivity index (χ2n) is 5.80. The number of carbonyl (C=O) groups is 1. The lowest BCUT2D eigenvalue weighted by Crippen LogP contribution is -2.57. The highest BCUT2D eigenvalue weighted by Crippen LogP contribution is 2.30. The van der Waals surface area contributed by atoms with E-state index in [1.165, 1.54) is 0 Å². The first-order valence-corrected chi connectivity index (χ1v) is 7.20. The Balaban J connectivity index is 1.71. The molecule has 0 bridgehead atoms. The van der Waals surface area contributed by atoms with Crippen molar-refractivity contribution in [1.82, 2.24) is 14.8 Å². The number of carbonyl (C=O) groups excluding carboxylic acids is 1. The van der Waals surface area contributed by atoms with E-state index in [9.17, 15) is 4.79 Å². The monoisotopic (exact) mass is 275 g/mol. The second kappa shape index (κ2) is 5.50. The van der Waals surface area contributed by atoms with Crippen LogP contribution in [-0.2, 0) is 4.74 Å². The Morgan fingerprint density at radius 3 is 2.85 bits per heavy atom. The number of pyridine rings is 1. The summed E-state index contributed by atoms with van der Waals surface area (Å²) in [4.78, 5) is 20.8. The highest BCUT2D eigenvalue weighted by molar-refractivity contribution is 5.94. The number of likely N-dealkylation sites (tertiary alicyclic amines) is 1. The molecule has 0 saturated carbocycles. The van der Waals surface area contributed by atoms with Gasteiger partial charge in [-0.2, -0.15) is 0 Å². The van der Waals surface area contributed by atoms with Crippen molar-refractivity contribution in [2.75, 3.05) is 39.8 Å². The number of hydrogen-bond acceptors (Lipinski definition) is 4. The number of amides is 1. The fourth-order valence-corrected chi connectivity index (χ4v) is 3.02. The largest absolute Gasteiger partial charge is 0.371 e. The number of rotatable bonds is 1. The second-order valence-corrected chi connectivity index (χ2v) is 5.80. The van der Waals surface area contributed by atoms with E-state index in [1.54, 1.807) is 18.5 Å². The van der Waals surface area contributed by atoms with Gasteiger partial charge in [-0.1, -0.05) is 0 Å². The maximum absolute atomic E-state index is 12.5. The van der Waals surface area contributed by atoms with Crippen molar-refractivity contribution >= 4 is 5.91 Å². The third-order valence-electron chi connectivity index (χ3n) is 4.34. The number of ether oxygens (including phenoxy) is 1. The molecule has 1 aromatic heterocycles. The summed E-state index contributed by atoms with van der Waals surface area (Å²) in [5.41, 5.74) is 0.528. The van der Waals surface area contributed by atoms with E-state index < -0.39 is 0 Å². The van der Waals surface area contributed by atoms with Gasteiger partial charge >= 0.3 is 0 Å². The summed E-state index contributed by atoms with van der Waals surface area (Å²) in [6.07, 6.45) is 5.33. The summed E-state index contributed by atoms with van der Waals surface area (Å²) in [6, 6.07) is 3.63. The van der Waals surface area contributed by atoms with Crippen molar-refractivity contribution in [3.8, 4) is 0 Å². The predicted molar refractivity (Wildman–Crippen MR) is 75.6 cm³/mol. The Morgan fingerprint density at radius 1 is 1.35 bits per heavy atom. The smallest absolute Gasteiger partial charge is 0.255 e. The highest BCUT2D eigenvalue weighted by Gasteiger charge is 2.40. The number of aromatic nitrogens is 1. The molecule has 1 amide bonds. The number of piperidine rings is 1. The zero-order valence-corrected chi connectivity index (χ0v) is 11.9. The van der Waals surface area contributed by atoms with Crippen LogP contribution in [0.1, 0.15) is 23.2 Å². The van der Waals surface area contributed by atoms with Gasteiger partial charge in [0.1, 0.15) is 0 Å². The number of hydrogen-bond donors (Lipinski definition) is 0. The molecule has 108 valence electrons. The molecule has 0 atom stereocenters. The maximum atomic E-state index is 12.5. The minimum atomic E-state index is -0.136. The van der Waals surface area contributed by atoms with Crippen LogP contribution in [0.5, 0.6) is 0 Å². The first-order chi connectivity index (χ1) is 9.69. The molecule has 1 spiro atoms. The van der Waals surface area contributed by atoms with Crippen molar-refractivity contribution in [2.24, 2.45) is 0 Å². The Labute approximate surface area is 119 Å². The molecular weight excluding hydrogens is 254 g/mol. The molecule has 2 aliphatic heterocycles. The standard InChI is InChI=1S/C15H21N3O2/c1-17-7-4-15(5-8-17)12-18(9-10-20-15)14(19)13-3-2-6-16-11-13/h2-3,6,11H,4-5,7-10,12H2,1H3. The molecule has 0 aliphatic carbocycles. The van der Waals surface area contributed by atoms with Crippen molar-refractivity contribution in [3.63, 3.8) is 0 Å². The molecule has 2 fully saturated rings. The normalized spacial score (nSPS) is 22.9. The van der Waals surface area contributed by atoms with Crippen LogP contribution in [0, 0.1) is 0 Å². The van der Waals surface area contributed by atoms with Crippen molar-refractivity contribution < 1.29 is 9.53 Å². The molecule has 0 unspecified atom stereocenters. The van der Waals surface area contributed by atoms with E-state index in [1.807, 2.05) is 11.0 Å². The average Bonchev–Trinajstić information content (AvgIpc) is 2.51. The Morgan fingerprint density at radius 2 is 2.15 bits per heavy atom. The molecule has 5 nitrogen and oxygen atoms in total. The van der Waals surface area contributed by atoms with Gasteiger partial charge in [0, 0.05) is 32.0 Å². The molecule has 3 rings (SSSR count). The van der Waals surface area contributed by atoms with Crippen molar-refractivity contribution in [1.29, 1.82) is 0 Å². The van der Waals surface area contributed by atoms with Crippen molar-refractivity contribution in [3.05, 3.63) is 30.1 Å². The minimum Gasteiger partial charge on any atom is -0.371 e. The predicted octanol–water partition coefficient (Wildman–Crippen LogP) is 1.02. The minimum absolute atomic E-state index is 0.0692. The lowest BCUT2D eigenvalue weighted by Gasteiger charge is -2.46. The van der Waals surface area contributed by atoms with Crippen LogP contribution in [-0.4, -0.2) is 66.1 Å². The van der Waals surface area contributed by atoms with Gasteiger partial charge in [-0.3, -0.25) is 9.78 Å². The molecule has 0 aromatic carbocycles. The van der Waals surface area contributed by atoms with Crippen LogP contribution >= 0.6 is 0 Å². The third kappa shape index (κ3) is 2.69. The quantitative estimate of drug-likeness (QED) is 0.767. The molecule has 1 aromatic rings. The van der Waals surface area contributed by atoms with Gasteiger partial charge < -0.3 is 14.5 Å². The summed E-state index contributed by atoms with van der Waals surface area (Å²) < 4.78 is 6.03. The van der Waals surface area contributed by atoms with Gasteiger partial charge in [-0.15, -0.1) is 0 Å². The third-order valence-corrected chi connectivity index (χ3v) is 4.34. The van der Waals surface area contributed by atoms with Gasteiger partial charge in [0.15, 0.2) is 0 Å². The Kier molecular flexibility index (Phi) is 3.72. The van der Waals surface area contributed by atoms with Gasteiger partial charge in [-0.05, 0) is 32.0 Å². The van der Waals surface area contributed by atoms with E-state index in [4.69, 9.17) is 4.74 Å². The number of morpholine rings is 1. The van der Waals surface area contributed by atoms with Crippen LogP contribution in [0.25, 0.3) is 0 Å². The van der Waals surface area contributed by atoms with E-state index in [0.717, 1.165) is 25.9 Å². The zero-order valence-electron chi connectivity index (χ0n) is 11.9. The van der Waals surface area contributed by atoms with E-state index >= 15 is 0 Å². The molecule has 20 heavy (non-hydrogen) atoms.